The highest BCUT2D eigenvalue weighted by Gasteiger charge is 2.25. The Morgan fingerprint density at radius 1 is 1.40 bits per heavy atom. The number of hydrogen-bond donors (Lipinski definition) is 1. The van der Waals surface area contributed by atoms with Crippen LogP contribution < -0.4 is 4.74 Å². The first-order chi connectivity index (χ1) is 9.51. The van der Waals surface area contributed by atoms with E-state index in [1.54, 1.807) is 7.11 Å². The van der Waals surface area contributed by atoms with Gasteiger partial charge in [0.2, 0.25) is 0 Å². The van der Waals surface area contributed by atoms with Crippen molar-refractivity contribution in [2.75, 3.05) is 20.2 Å². The number of aliphatic carboxylic acids is 1. The first-order valence-corrected chi connectivity index (χ1v) is 7.10. The van der Waals surface area contributed by atoms with Gasteiger partial charge in [-0.3, -0.25) is 9.69 Å². The summed E-state index contributed by atoms with van der Waals surface area (Å²) >= 11 is 0. The molecule has 2 rings (SSSR count). The highest BCUT2D eigenvalue weighted by atomic mass is 16.5. The number of hydrogen-bond acceptors (Lipinski definition) is 3. The molecule has 1 aliphatic rings. The lowest BCUT2D eigenvalue weighted by Gasteiger charge is -2.31. The summed E-state index contributed by atoms with van der Waals surface area (Å²) in [6.45, 7) is 6.57. The number of nitrogens with zero attached hydrogens (tertiary/aromatic N) is 1. The van der Waals surface area contributed by atoms with Crippen molar-refractivity contribution < 1.29 is 14.6 Å². The predicted octanol–water partition coefficient (Wildman–Crippen LogP) is 2.61. The van der Waals surface area contributed by atoms with Gasteiger partial charge < -0.3 is 9.84 Å². The summed E-state index contributed by atoms with van der Waals surface area (Å²) in [5, 5.41) is 9.15. The number of likely N-dealkylation sites (tertiary alicyclic amines) is 1. The average molecular weight is 277 g/mol. The largest absolute Gasteiger partial charge is 0.496 e. The lowest BCUT2D eigenvalue weighted by Crippen LogP contribution is -2.38. The Balaban J connectivity index is 2.10. The van der Waals surface area contributed by atoms with E-state index in [4.69, 9.17) is 9.84 Å². The summed E-state index contributed by atoms with van der Waals surface area (Å²) < 4.78 is 5.33. The molecule has 1 aromatic carbocycles. The number of carbonyl (C=O) groups is 1. The SMILES string of the molecule is COc1cc(C)c(CN2CCCC(C(=O)O)C2)cc1C. The van der Waals surface area contributed by atoms with Crippen molar-refractivity contribution in [3.05, 3.63) is 28.8 Å². The third kappa shape index (κ3) is 3.31. The summed E-state index contributed by atoms with van der Waals surface area (Å²) in [5.74, 6) is 0.0223. The number of carboxylic acid groups (broad SMARTS) is 1. The Bertz CT molecular complexity index is 499. The Hall–Kier alpha value is -1.55. The first-order valence-electron chi connectivity index (χ1n) is 7.10. The standard InChI is InChI=1S/C16H23NO3/c1-11-8-15(20-3)12(2)7-14(11)10-17-6-4-5-13(9-17)16(18)19/h7-8,13H,4-6,9-10H2,1-3H3,(H,18,19). The molecule has 1 unspecified atom stereocenters. The van der Waals surface area contributed by atoms with E-state index >= 15 is 0 Å². The van der Waals surface area contributed by atoms with Gasteiger partial charge in [-0.2, -0.15) is 0 Å². The summed E-state index contributed by atoms with van der Waals surface area (Å²) in [4.78, 5) is 13.4. The fraction of sp³-hybridized carbons (Fsp3) is 0.562. The minimum atomic E-state index is -0.669. The molecular formula is C16H23NO3. The van der Waals surface area contributed by atoms with Gasteiger partial charge in [0.05, 0.1) is 13.0 Å². The third-order valence-electron chi connectivity index (χ3n) is 4.10. The van der Waals surface area contributed by atoms with Crippen LogP contribution in [0.3, 0.4) is 0 Å². The van der Waals surface area contributed by atoms with Crippen LogP contribution in [0.5, 0.6) is 5.75 Å². The molecule has 1 aliphatic heterocycles. The monoisotopic (exact) mass is 277 g/mol. The van der Waals surface area contributed by atoms with Crippen molar-refractivity contribution in [1.29, 1.82) is 0 Å². The van der Waals surface area contributed by atoms with E-state index in [9.17, 15) is 4.79 Å². The van der Waals surface area contributed by atoms with Gasteiger partial charge >= 0.3 is 5.97 Å². The molecule has 4 nitrogen and oxygen atoms in total. The number of rotatable bonds is 4. The average Bonchev–Trinajstić information content (AvgIpc) is 2.42. The van der Waals surface area contributed by atoms with Gasteiger partial charge in [0.25, 0.3) is 0 Å². The summed E-state index contributed by atoms with van der Waals surface area (Å²) in [6.07, 6.45) is 1.76. The molecule has 1 atom stereocenters. The predicted molar refractivity (Wildman–Crippen MR) is 78.1 cm³/mol. The lowest BCUT2D eigenvalue weighted by atomic mass is 9.97. The fourth-order valence-electron chi connectivity index (χ4n) is 2.88. The Labute approximate surface area is 120 Å². The van der Waals surface area contributed by atoms with Crippen LogP contribution in [0, 0.1) is 19.8 Å². The van der Waals surface area contributed by atoms with Crippen molar-refractivity contribution in [3.8, 4) is 5.75 Å². The van der Waals surface area contributed by atoms with Crippen LogP contribution in [-0.2, 0) is 11.3 Å². The van der Waals surface area contributed by atoms with Gasteiger partial charge in [-0.1, -0.05) is 6.07 Å². The molecule has 0 radical (unpaired) electrons. The van der Waals surface area contributed by atoms with Gasteiger partial charge in [0.15, 0.2) is 0 Å². The molecular weight excluding hydrogens is 254 g/mol. The molecule has 0 aliphatic carbocycles. The highest BCUT2D eigenvalue weighted by Crippen LogP contribution is 2.25. The minimum absolute atomic E-state index is 0.219. The highest BCUT2D eigenvalue weighted by molar-refractivity contribution is 5.70. The molecule has 0 spiro atoms. The topological polar surface area (TPSA) is 49.8 Å². The lowest BCUT2D eigenvalue weighted by molar-refractivity contribution is -0.143. The zero-order chi connectivity index (χ0) is 14.7. The van der Waals surface area contributed by atoms with E-state index in [1.807, 2.05) is 6.92 Å². The number of benzene rings is 1. The second-order valence-corrected chi connectivity index (χ2v) is 5.66. The van der Waals surface area contributed by atoms with E-state index in [1.165, 1.54) is 11.1 Å². The van der Waals surface area contributed by atoms with Crippen molar-refractivity contribution >= 4 is 5.97 Å². The van der Waals surface area contributed by atoms with Crippen LogP contribution in [0.25, 0.3) is 0 Å². The molecule has 110 valence electrons. The molecule has 0 amide bonds. The second-order valence-electron chi connectivity index (χ2n) is 5.66. The number of piperidine rings is 1. The van der Waals surface area contributed by atoms with Crippen LogP contribution in [0.15, 0.2) is 12.1 Å². The van der Waals surface area contributed by atoms with Gasteiger partial charge in [0.1, 0.15) is 5.75 Å². The maximum absolute atomic E-state index is 11.1. The normalized spacial score (nSPS) is 19.9. The molecule has 4 heteroatoms. The van der Waals surface area contributed by atoms with Crippen molar-refractivity contribution in [2.24, 2.45) is 5.92 Å². The van der Waals surface area contributed by atoms with Crippen LogP contribution in [0.4, 0.5) is 0 Å². The molecule has 0 bridgehead atoms. The van der Waals surface area contributed by atoms with Crippen LogP contribution in [0.1, 0.15) is 29.5 Å². The van der Waals surface area contributed by atoms with Gasteiger partial charge in [-0.15, -0.1) is 0 Å². The van der Waals surface area contributed by atoms with Crippen molar-refractivity contribution in [3.63, 3.8) is 0 Å². The molecule has 1 saturated heterocycles. The van der Waals surface area contributed by atoms with Crippen LogP contribution in [0.2, 0.25) is 0 Å². The third-order valence-corrected chi connectivity index (χ3v) is 4.10. The maximum atomic E-state index is 11.1. The molecule has 20 heavy (non-hydrogen) atoms. The zero-order valence-corrected chi connectivity index (χ0v) is 12.5. The first kappa shape index (κ1) is 14.9. The zero-order valence-electron chi connectivity index (χ0n) is 12.5. The Morgan fingerprint density at radius 2 is 2.15 bits per heavy atom. The Morgan fingerprint density at radius 3 is 2.80 bits per heavy atom. The Kier molecular flexibility index (Phi) is 4.65. The molecule has 1 N–H and O–H groups in total. The van der Waals surface area contributed by atoms with Gasteiger partial charge in [-0.05, 0) is 56.0 Å². The fourth-order valence-corrected chi connectivity index (χ4v) is 2.88. The minimum Gasteiger partial charge on any atom is -0.496 e. The summed E-state index contributed by atoms with van der Waals surface area (Å²) in [7, 11) is 1.68. The van der Waals surface area contributed by atoms with Crippen molar-refractivity contribution in [2.45, 2.75) is 33.2 Å². The van der Waals surface area contributed by atoms with Gasteiger partial charge in [0, 0.05) is 13.1 Å². The number of methoxy groups -OCH3 is 1. The molecule has 0 saturated carbocycles. The van der Waals surface area contributed by atoms with E-state index < -0.39 is 5.97 Å². The van der Waals surface area contributed by atoms with Crippen LogP contribution >= 0.6 is 0 Å². The number of aryl methyl sites for hydroxylation is 2. The van der Waals surface area contributed by atoms with E-state index in [0.29, 0.717) is 6.54 Å². The van der Waals surface area contributed by atoms with Crippen molar-refractivity contribution in [1.82, 2.24) is 4.90 Å². The van der Waals surface area contributed by atoms with E-state index in [2.05, 4.69) is 24.0 Å². The van der Waals surface area contributed by atoms with Gasteiger partial charge in [-0.25, -0.2) is 0 Å². The molecule has 1 fully saturated rings. The number of carboxylic acids is 1. The smallest absolute Gasteiger partial charge is 0.307 e. The number of ether oxygens (including phenoxy) is 1. The quantitative estimate of drug-likeness (QED) is 0.919. The second kappa shape index (κ2) is 6.27. The molecule has 0 aromatic heterocycles. The maximum Gasteiger partial charge on any atom is 0.307 e. The van der Waals surface area contributed by atoms with E-state index in [-0.39, 0.29) is 5.92 Å². The van der Waals surface area contributed by atoms with E-state index in [0.717, 1.165) is 37.2 Å². The summed E-state index contributed by atoms with van der Waals surface area (Å²) in [6, 6.07) is 4.21. The summed E-state index contributed by atoms with van der Waals surface area (Å²) in [5.41, 5.74) is 3.58. The molecule has 1 heterocycles. The van der Waals surface area contributed by atoms with Crippen LogP contribution in [-0.4, -0.2) is 36.2 Å². The molecule has 1 aromatic rings.